The van der Waals surface area contributed by atoms with Gasteiger partial charge in [-0.3, -0.25) is 0 Å². The van der Waals surface area contributed by atoms with E-state index in [0.717, 1.165) is 26.1 Å². The number of hydrogen-bond acceptors (Lipinski definition) is 3. The maximum Gasteiger partial charge on any atom is 0.335 e. The van der Waals surface area contributed by atoms with E-state index in [-0.39, 0.29) is 0 Å². The summed E-state index contributed by atoms with van der Waals surface area (Å²) in [6, 6.07) is 0. The minimum Gasteiger partial charge on any atom is -0.479 e. The minimum atomic E-state index is -1.03. The summed E-state index contributed by atoms with van der Waals surface area (Å²) in [7, 11) is 0. The summed E-state index contributed by atoms with van der Waals surface area (Å²) in [4.78, 5) is 11.0. The lowest BCUT2D eigenvalue weighted by atomic mass is 10.00. The van der Waals surface area contributed by atoms with Crippen molar-refractivity contribution in [3.8, 4) is 0 Å². The molecule has 0 radical (unpaired) electrons. The van der Waals surface area contributed by atoms with Gasteiger partial charge in [0.1, 0.15) is 0 Å². The van der Waals surface area contributed by atoms with E-state index in [4.69, 9.17) is 14.6 Å². The molecule has 1 N–H and O–H groups in total. The number of aliphatic carboxylic acids is 1. The van der Waals surface area contributed by atoms with Crippen LogP contribution in [0.5, 0.6) is 0 Å². The SMILES string of the molecule is CCC(C)(OCC1CCOCC1)C(=O)O. The molecular formula is C11H20O4. The van der Waals surface area contributed by atoms with Gasteiger partial charge in [0.05, 0.1) is 6.61 Å². The van der Waals surface area contributed by atoms with Crippen molar-refractivity contribution in [3.63, 3.8) is 0 Å². The number of carboxylic acid groups (broad SMARTS) is 1. The summed E-state index contributed by atoms with van der Waals surface area (Å²) in [5, 5.41) is 9.01. The molecule has 4 nitrogen and oxygen atoms in total. The Morgan fingerprint density at radius 1 is 1.53 bits per heavy atom. The van der Waals surface area contributed by atoms with Gasteiger partial charge in [-0.25, -0.2) is 4.79 Å². The molecule has 88 valence electrons. The van der Waals surface area contributed by atoms with E-state index in [1.54, 1.807) is 6.92 Å². The van der Waals surface area contributed by atoms with Crippen LogP contribution in [-0.2, 0) is 14.3 Å². The molecule has 1 atom stereocenters. The predicted octanol–water partition coefficient (Wildman–Crippen LogP) is 1.68. The maximum atomic E-state index is 11.0. The molecule has 0 saturated carbocycles. The maximum absolute atomic E-state index is 11.0. The van der Waals surface area contributed by atoms with Gasteiger partial charge in [0.25, 0.3) is 0 Å². The molecule has 0 spiro atoms. The van der Waals surface area contributed by atoms with Gasteiger partial charge in [-0.2, -0.15) is 0 Å². The van der Waals surface area contributed by atoms with Crippen LogP contribution in [0.3, 0.4) is 0 Å². The van der Waals surface area contributed by atoms with Crippen molar-refractivity contribution in [2.75, 3.05) is 19.8 Å². The monoisotopic (exact) mass is 216 g/mol. The molecule has 1 aliphatic heterocycles. The van der Waals surface area contributed by atoms with E-state index < -0.39 is 11.6 Å². The van der Waals surface area contributed by atoms with Crippen LogP contribution in [-0.4, -0.2) is 36.5 Å². The van der Waals surface area contributed by atoms with Crippen molar-refractivity contribution in [2.24, 2.45) is 5.92 Å². The Labute approximate surface area is 90.6 Å². The lowest BCUT2D eigenvalue weighted by Crippen LogP contribution is -2.39. The van der Waals surface area contributed by atoms with Crippen LogP contribution in [0.1, 0.15) is 33.1 Å². The van der Waals surface area contributed by atoms with Gasteiger partial charge in [0, 0.05) is 13.2 Å². The molecule has 0 aromatic rings. The van der Waals surface area contributed by atoms with Crippen molar-refractivity contribution in [1.82, 2.24) is 0 Å². The van der Waals surface area contributed by atoms with Gasteiger partial charge in [-0.05, 0) is 32.1 Å². The fraction of sp³-hybridized carbons (Fsp3) is 0.909. The van der Waals surface area contributed by atoms with Crippen molar-refractivity contribution >= 4 is 5.97 Å². The van der Waals surface area contributed by atoms with Crippen molar-refractivity contribution < 1.29 is 19.4 Å². The Hall–Kier alpha value is -0.610. The van der Waals surface area contributed by atoms with Crippen LogP contribution in [0, 0.1) is 5.92 Å². The van der Waals surface area contributed by atoms with Crippen LogP contribution in [0.4, 0.5) is 0 Å². The van der Waals surface area contributed by atoms with Crippen molar-refractivity contribution in [2.45, 2.75) is 38.7 Å². The largest absolute Gasteiger partial charge is 0.479 e. The Bertz CT molecular complexity index is 211. The average Bonchev–Trinajstić information content (AvgIpc) is 2.27. The molecule has 15 heavy (non-hydrogen) atoms. The molecule has 0 aromatic carbocycles. The first kappa shape index (κ1) is 12.5. The van der Waals surface area contributed by atoms with E-state index in [9.17, 15) is 4.79 Å². The van der Waals surface area contributed by atoms with Crippen molar-refractivity contribution in [3.05, 3.63) is 0 Å². The van der Waals surface area contributed by atoms with Crippen LogP contribution in [0.25, 0.3) is 0 Å². The fourth-order valence-electron chi connectivity index (χ4n) is 1.53. The summed E-state index contributed by atoms with van der Waals surface area (Å²) >= 11 is 0. The predicted molar refractivity (Wildman–Crippen MR) is 55.8 cm³/mol. The number of ether oxygens (including phenoxy) is 2. The lowest BCUT2D eigenvalue weighted by Gasteiger charge is -2.28. The Kier molecular flexibility index (Phi) is 4.54. The average molecular weight is 216 g/mol. The molecule has 0 aliphatic carbocycles. The highest BCUT2D eigenvalue weighted by Crippen LogP contribution is 2.21. The zero-order chi connectivity index (χ0) is 11.3. The van der Waals surface area contributed by atoms with E-state index in [2.05, 4.69) is 0 Å². The van der Waals surface area contributed by atoms with Crippen LogP contribution < -0.4 is 0 Å². The lowest BCUT2D eigenvalue weighted by molar-refractivity contribution is -0.166. The summed E-state index contributed by atoms with van der Waals surface area (Å²) in [6.45, 7) is 5.53. The molecule has 1 aliphatic rings. The van der Waals surface area contributed by atoms with Gasteiger partial charge in [0.15, 0.2) is 5.60 Å². The molecule has 0 bridgehead atoms. The summed E-state index contributed by atoms with van der Waals surface area (Å²) in [5.74, 6) is -0.430. The number of hydrogen-bond donors (Lipinski definition) is 1. The van der Waals surface area contributed by atoms with Crippen LogP contribution in [0.2, 0.25) is 0 Å². The number of carbonyl (C=O) groups is 1. The second-order valence-corrected chi connectivity index (χ2v) is 4.26. The highest BCUT2D eigenvalue weighted by Gasteiger charge is 2.33. The normalized spacial score (nSPS) is 22.3. The van der Waals surface area contributed by atoms with E-state index in [0.29, 0.717) is 18.9 Å². The first-order valence-corrected chi connectivity index (χ1v) is 5.53. The number of rotatable bonds is 5. The third-order valence-corrected chi connectivity index (χ3v) is 3.11. The zero-order valence-corrected chi connectivity index (χ0v) is 9.49. The van der Waals surface area contributed by atoms with Gasteiger partial charge in [-0.15, -0.1) is 0 Å². The Balaban J connectivity index is 2.36. The van der Waals surface area contributed by atoms with Gasteiger partial charge in [0.2, 0.25) is 0 Å². The minimum absolute atomic E-state index is 0.448. The van der Waals surface area contributed by atoms with Crippen molar-refractivity contribution in [1.29, 1.82) is 0 Å². The highest BCUT2D eigenvalue weighted by atomic mass is 16.5. The third-order valence-electron chi connectivity index (χ3n) is 3.11. The first-order valence-electron chi connectivity index (χ1n) is 5.53. The van der Waals surface area contributed by atoms with Gasteiger partial charge >= 0.3 is 5.97 Å². The second kappa shape index (κ2) is 5.47. The molecular weight excluding hydrogens is 196 g/mol. The summed E-state index contributed by atoms with van der Waals surface area (Å²) in [5.41, 5.74) is -1.03. The quantitative estimate of drug-likeness (QED) is 0.759. The van der Waals surface area contributed by atoms with Crippen LogP contribution >= 0.6 is 0 Å². The standard InChI is InChI=1S/C11H20O4/c1-3-11(2,10(12)13)15-8-9-4-6-14-7-5-9/h9H,3-8H2,1-2H3,(H,12,13). The fourth-order valence-corrected chi connectivity index (χ4v) is 1.53. The molecule has 1 rings (SSSR count). The highest BCUT2D eigenvalue weighted by molar-refractivity contribution is 5.76. The molecule has 1 saturated heterocycles. The Morgan fingerprint density at radius 2 is 2.13 bits per heavy atom. The second-order valence-electron chi connectivity index (χ2n) is 4.26. The van der Waals surface area contributed by atoms with Crippen LogP contribution in [0.15, 0.2) is 0 Å². The number of carboxylic acids is 1. The third kappa shape index (κ3) is 3.47. The molecule has 0 amide bonds. The van der Waals surface area contributed by atoms with E-state index in [1.807, 2.05) is 6.92 Å². The summed E-state index contributed by atoms with van der Waals surface area (Å²) < 4.78 is 10.8. The zero-order valence-electron chi connectivity index (χ0n) is 9.49. The molecule has 1 unspecified atom stereocenters. The Morgan fingerprint density at radius 3 is 2.60 bits per heavy atom. The molecule has 1 heterocycles. The van der Waals surface area contributed by atoms with Gasteiger partial charge in [-0.1, -0.05) is 6.92 Å². The van der Waals surface area contributed by atoms with E-state index in [1.165, 1.54) is 0 Å². The summed E-state index contributed by atoms with van der Waals surface area (Å²) in [6.07, 6.45) is 2.43. The smallest absolute Gasteiger partial charge is 0.335 e. The molecule has 1 fully saturated rings. The molecule has 0 aromatic heterocycles. The topological polar surface area (TPSA) is 55.8 Å². The van der Waals surface area contributed by atoms with Gasteiger partial charge < -0.3 is 14.6 Å². The van der Waals surface area contributed by atoms with E-state index >= 15 is 0 Å². The molecule has 4 heteroatoms. The first-order chi connectivity index (χ1) is 7.08.